The number of ether oxygens (including phenoxy) is 3. The Morgan fingerprint density at radius 3 is 1.75 bits per heavy atom. The summed E-state index contributed by atoms with van der Waals surface area (Å²) in [6, 6.07) is 0. The minimum absolute atomic E-state index is 0.0682. The first kappa shape index (κ1) is 18.7. The first-order valence-electron chi connectivity index (χ1n) is 6.38. The number of carbonyl (C=O) groups is 3. The van der Waals surface area contributed by atoms with Crippen LogP contribution in [0.2, 0.25) is 0 Å². The highest BCUT2D eigenvalue weighted by Gasteiger charge is 2.42. The highest BCUT2D eigenvalue weighted by Crippen LogP contribution is 2.24. The molecule has 0 atom stereocenters. The lowest BCUT2D eigenvalue weighted by Gasteiger charge is -2.31. The van der Waals surface area contributed by atoms with Gasteiger partial charge in [0.1, 0.15) is 17.0 Å². The molecular weight excluding hydrogens is 264 g/mol. The van der Waals surface area contributed by atoms with E-state index < -0.39 is 17.0 Å². The summed E-state index contributed by atoms with van der Waals surface area (Å²) in [6.45, 7) is 8.84. The molecule has 0 rings (SSSR count). The van der Waals surface area contributed by atoms with Crippen LogP contribution in [-0.4, -0.2) is 43.1 Å². The van der Waals surface area contributed by atoms with E-state index in [9.17, 15) is 14.4 Å². The molecule has 0 aromatic rings. The van der Waals surface area contributed by atoms with Crippen molar-refractivity contribution in [1.82, 2.24) is 0 Å². The van der Waals surface area contributed by atoms with Gasteiger partial charge >= 0.3 is 5.97 Å². The molecule has 0 fully saturated rings. The Hall–Kier alpha value is -1.27. The summed E-state index contributed by atoms with van der Waals surface area (Å²) < 4.78 is 15.3. The van der Waals surface area contributed by atoms with Crippen LogP contribution in [0, 0.1) is 5.41 Å². The van der Waals surface area contributed by atoms with Gasteiger partial charge in [-0.25, -0.2) is 0 Å². The van der Waals surface area contributed by atoms with E-state index in [1.54, 1.807) is 0 Å². The first-order chi connectivity index (χ1) is 9.01. The molecule has 0 heterocycles. The van der Waals surface area contributed by atoms with Crippen LogP contribution >= 0.6 is 0 Å². The van der Waals surface area contributed by atoms with Crippen molar-refractivity contribution in [3.05, 3.63) is 0 Å². The molecule has 0 N–H and O–H groups in total. The highest BCUT2D eigenvalue weighted by molar-refractivity contribution is 6.05. The lowest BCUT2D eigenvalue weighted by atomic mass is 9.81. The largest absolute Gasteiger partial charge is 0.439 e. The second-order valence-electron chi connectivity index (χ2n) is 5.70. The molecule has 6 nitrogen and oxygen atoms in total. The molecular formula is C14H24O6. The fraction of sp³-hybridized carbons (Fsp3) is 0.786. The second kappa shape index (κ2) is 7.50. The van der Waals surface area contributed by atoms with Crippen molar-refractivity contribution in [3.8, 4) is 0 Å². The zero-order chi connectivity index (χ0) is 16.0. The van der Waals surface area contributed by atoms with Gasteiger partial charge in [-0.1, -0.05) is 0 Å². The second-order valence-corrected chi connectivity index (χ2v) is 5.70. The highest BCUT2D eigenvalue weighted by atomic mass is 16.7. The zero-order valence-corrected chi connectivity index (χ0v) is 13.1. The van der Waals surface area contributed by atoms with E-state index in [0.717, 1.165) is 0 Å². The summed E-state index contributed by atoms with van der Waals surface area (Å²) in [4.78, 5) is 34.4. The van der Waals surface area contributed by atoms with Crippen LogP contribution in [0.1, 0.15) is 41.5 Å². The Morgan fingerprint density at radius 2 is 1.40 bits per heavy atom. The number of esters is 1. The predicted octanol–water partition coefficient (Wildman–Crippen LogP) is 1.50. The molecule has 0 aromatic heterocycles. The van der Waals surface area contributed by atoms with E-state index >= 15 is 0 Å². The van der Waals surface area contributed by atoms with Gasteiger partial charge in [-0.2, -0.15) is 0 Å². The number of rotatable bonds is 8. The minimum Gasteiger partial charge on any atom is -0.439 e. The van der Waals surface area contributed by atoms with Gasteiger partial charge in [0.15, 0.2) is 6.79 Å². The summed E-state index contributed by atoms with van der Waals surface area (Å²) in [5, 5.41) is 0. The van der Waals surface area contributed by atoms with Crippen LogP contribution in [-0.2, 0) is 28.6 Å². The summed E-state index contributed by atoms with van der Waals surface area (Å²) in [6.07, 6.45) is 0. The third kappa shape index (κ3) is 6.25. The van der Waals surface area contributed by atoms with Crippen molar-refractivity contribution in [3.63, 3.8) is 0 Å². The molecule has 0 aliphatic heterocycles. The number of carbonyl (C=O) groups excluding carboxylic acids is 3. The zero-order valence-electron chi connectivity index (χ0n) is 13.1. The lowest BCUT2D eigenvalue weighted by Crippen LogP contribution is -2.47. The van der Waals surface area contributed by atoms with E-state index in [4.69, 9.17) is 9.47 Å². The smallest absolute Gasteiger partial charge is 0.304 e. The summed E-state index contributed by atoms with van der Waals surface area (Å²) in [5.74, 6) is -1.17. The average Bonchev–Trinajstić information content (AvgIpc) is 2.25. The Bertz CT molecular complexity index is 352. The van der Waals surface area contributed by atoms with Crippen molar-refractivity contribution in [1.29, 1.82) is 0 Å². The van der Waals surface area contributed by atoms with E-state index in [0.29, 0.717) is 0 Å². The maximum absolute atomic E-state index is 11.9. The fourth-order valence-corrected chi connectivity index (χ4v) is 1.38. The molecule has 0 spiro atoms. The molecule has 0 aliphatic carbocycles. The quantitative estimate of drug-likeness (QED) is 0.291. The topological polar surface area (TPSA) is 78.9 Å². The van der Waals surface area contributed by atoms with Crippen LogP contribution in [0.5, 0.6) is 0 Å². The van der Waals surface area contributed by atoms with Gasteiger partial charge in [0.25, 0.3) is 0 Å². The number of ketones is 2. The maximum atomic E-state index is 11.9. The van der Waals surface area contributed by atoms with Crippen LogP contribution < -0.4 is 0 Å². The van der Waals surface area contributed by atoms with Gasteiger partial charge in [-0.15, -0.1) is 0 Å². The summed E-state index contributed by atoms with van der Waals surface area (Å²) in [7, 11) is 0. The molecule has 0 unspecified atom stereocenters. The van der Waals surface area contributed by atoms with Crippen molar-refractivity contribution >= 4 is 17.5 Å². The number of Topliss-reactive ketones (excluding diaryl/α,β-unsaturated/α-hetero) is 2. The van der Waals surface area contributed by atoms with E-state index in [-0.39, 0.29) is 31.6 Å². The van der Waals surface area contributed by atoms with Gasteiger partial charge in [-0.05, 0) is 34.6 Å². The molecule has 0 aromatic carbocycles. The summed E-state index contributed by atoms with van der Waals surface area (Å²) in [5.41, 5.74) is -1.85. The van der Waals surface area contributed by atoms with Gasteiger partial charge in [0.2, 0.25) is 0 Å². The molecule has 0 saturated heterocycles. The van der Waals surface area contributed by atoms with Crippen LogP contribution in [0.25, 0.3) is 0 Å². The van der Waals surface area contributed by atoms with E-state index in [1.165, 1.54) is 20.8 Å². The van der Waals surface area contributed by atoms with Crippen molar-refractivity contribution in [2.24, 2.45) is 5.41 Å². The molecule has 0 aliphatic rings. The monoisotopic (exact) mass is 288 g/mol. The maximum Gasteiger partial charge on any atom is 0.304 e. The number of hydrogen-bond acceptors (Lipinski definition) is 6. The van der Waals surface area contributed by atoms with E-state index in [2.05, 4.69) is 4.74 Å². The number of hydrogen-bond donors (Lipinski definition) is 0. The van der Waals surface area contributed by atoms with Gasteiger partial charge in [0, 0.05) is 6.92 Å². The average molecular weight is 288 g/mol. The Labute approximate surface area is 119 Å². The molecule has 0 amide bonds. The SMILES string of the molecule is CC(=O)OCOCC(COC(C)(C)C)(C(C)=O)C(C)=O. The van der Waals surface area contributed by atoms with Gasteiger partial charge < -0.3 is 14.2 Å². The van der Waals surface area contributed by atoms with Gasteiger partial charge in [-0.3, -0.25) is 14.4 Å². The first-order valence-corrected chi connectivity index (χ1v) is 6.38. The Morgan fingerprint density at radius 1 is 0.900 bits per heavy atom. The van der Waals surface area contributed by atoms with Crippen LogP contribution in [0.3, 0.4) is 0 Å². The molecule has 116 valence electrons. The third-order valence-electron chi connectivity index (χ3n) is 2.79. The fourth-order valence-electron chi connectivity index (χ4n) is 1.38. The Kier molecular flexibility index (Phi) is 7.02. The minimum atomic E-state index is -1.37. The normalized spacial score (nSPS) is 12.1. The third-order valence-corrected chi connectivity index (χ3v) is 2.79. The standard InChI is InChI=1S/C14H24O6/c1-10(15)14(11(2)16,8-20-13(4,5)6)7-18-9-19-12(3)17/h7-9H2,1-6H3. The molecule has 0 saturated carbocycles. The van der Waals surface area contributed by atoms with E-state index in [1.807, 2.05) is 20.8 Å². The van der Waals surface area contributed by atoms with Gasteiger partial charge in [0.05, 0.1) is 18.8 Å². The van der Waals surface area contributed by atoms with Crippen molar-refractivity contribution < 1.29 is 28.6 Å². The molecule has 6 heteroatoms. The molecule has 20 heavy (non-hydrogen) atoms. The molecule has 0 bridgehead atoms. The Balaban J connectivity index is 4.81. The predicted molar refractivity (Wildman–Crippen MR) is 72.1 cm³/mol. The van der Waals surface area contributed by atoms with Crippen molar-refractivity contribution in [2.45, 2.75) is 47.1 Å². The summed E-state index contributed by atoms with van der Waals surface area (Å²) >= 11 is 0. The lowest BCUT2D eigenvalue weighted by molar-refractivity contribution is -0.165. The van der Waals surface area contributed by atoms with Crippen molar-refractivity contribution in [2.75, 3.05) is 20.0 Å². The van der Waals surface area contributed by atoms with Crippen LogP contribution in [0.4, 0.5) is 0 Å². The van der Waals surface area contributed by atoms with Crippen LogP contribution in [0.15, 0.2) is 0 Å². The molecule has 0 radical (unpaired) electrons.